The average Bonchev–Trinajstić information content (AvgIpc) is 2.25. The highest BCUT2D eigenvalue weighted by molar-refractivity contribution is 5.74. The zero-order chi connectivity index (χ0) is 13.1. The van der Waals surface area contributed by atoms with Crippen LogP contribution in [0.2, 0.25) is 0 Å². The van der Waals surface area contributed by atoms with Crippen LogP contribution in [0, 0.1) is 0 Å². The molecule has 0 aliphatic carbocycles. The van der Waals surface area contributed by atoms with E-state index < -0.39 is 6.10 Å². The highest BCUT2D eigenvalue weighted by Crippen LogP contribution is 2.07. The van der Waals surface area contributed by atoms with E-state index in [0.717, 1.165) is 19.3 Å². The van der Waals surface area contributed by atoms with Gasteiger partial charge in [0.25, 0.3) is 0 Å². The second-order valence-corrected chi connectivity index (χ2v) is 4.32. The van der Waals surface area contributed by atoms with Crippen LogP contribution in [0.3, 0.4) is 0 Å². The zero-order valence-electron chi connectivity index (χ0n) is 11.2. The lowest BCUT2D eigenvalue weighted by molar-refractivity contribution is 0.163. The van der Waals surface area contributed by atoms with Crippen molar-refractivity contribution in [2.45, 2.75) is 51.7 Å². The molecule has 5 nitrogen and oxygen atoms in total. The monoisotopic (exact) mass is 246 g/mol. The van der Waals surface area contributed by atoms with Crippen LogP contribution in [0.4, 0.5) is 4.79 Å². The summed E-state index contributed by atoms with van der Waals surface area (Å²) in [7, 11) is 1.59. The molecule has 0 aromatic carbocycles. The largest absolute Gasteiger partial charge is 0.393 e. The first-order chi connectivity index (χ1) is 8.10. The van der Waals surface area contributed by atoms with Gasteiger partial charge in [0.1, 0.15) is 0 Å². The smallest absolute Gasteiger partial charge is 0.315 e. The molecule has 0 aromatic heterocycles. The summed E-state index contributed by atoms with van der Waals surface area (Å²) in [5, 5.41) is 14.9. The lowest BCUT2D eigenvalue weighted by atomic mass is 10.0. The van der Waals surface area contributed by atoms with Crippen LogP contribution in [-0.2, 0) is 4.74 Å². The van der Waals surface area contributed by atoms with E-state index in [9.17, 15) is 9.90 Å². The van der Waals surface area contributed by atoms with Crippen LogP contribution in [0.5, 0.6) is 0 Å². The van der Waals surface area contributed by atoms with E-state index in [1.54, 1.807) is 14.0 Å². The van der Waals surface area contributed by atoms with Crippen LogP contribution >= 0.6 is 0 Å². The van der Waals surface area contributed by atoms with Crippen molar-refractivity contribution in [3.05, 3.63) is 0 Å². The minimum Gasteiger partial charge on any atom is -0.393 e. The molecule has 0 aliphatic rings. The molecule has 0 saturated heterocycles. The number of hydrogen-bond donors (Lipinski definition) is 3. The Hall–Kier alpha value is -0.810. The maximum Gasteiger partial charge on any atom is 0.315 e. The van der Waals surface area contributed by atoms with E-state index in [1.807, 2.05) is 0 Å². The number of rotatable bonds is 9. The summed E-state index contributed by atoms with van der Waals surface area (Å²) < 4.78 is 4.84. The van der Waals surface area contributed by atoms with Crippen molar-refractivity contribution in [2.24, 2.45) is 0 Å². The van der Waals surface area contributed by atoms with Crippen LogP contribution in [0.25, 0.3) is 0 Å². The molecule has 3 N–H and O–H groups in total. The molecular formula is C12H26N2O3. The summed E-state index contributed by atoms with van der Waals surface area (Å²) in [5.74, 6) is 0. The van der Waals surface area contributed by atoms with Gasteiger partial charge in [-0.15, -0.1) is 0 Å². The molecule has 5 heteroatoms. The van der Waals surface area contributed by atoms with Gasteiger partial charge in [-0.3, -0.25) is 0 Å². The first kappa shape index (κ1) is 16.2. The van der Waals surface area contributed by atoms with Gasteiger partial charge in [0.2, 0.25) is 0 Å². The Labute approximate surface area is 104 Å². The fourth-order valence-corrected chi connectivity index (χ4v) is 1.61. The van der Waals surface area contributed by atoms with E-state index in [1.165, 1.54) is 0 Å². The molecule has 102 valence electrons. The number of aliphatic hydroxyl groups is 1. The van der Waals surface area contributed by atoms with Crippen molar-refractivity contribution in [3.8, 4) is 0 Å². The van der Waals surface area contributed by atoms with Gasteiger partial charge in [-0.1, -0.05) is 19.8 Å². The van der Waals surface area contributed by atoms with Gasteiger partial charge in [-0.25, -0.2) is 4.79 Å². The van der Waals surface area contributed by atoms with Crippen molar-refractivity contribution in [3.63, 3.8) is 0 Å². The van der Waals surface area contributed by atoms with Gasteiger partial charge in [0.15, 0.2) is 0 Å². The number of carbonyl (C=O) groups is 1. The van der Waals surface area contributed by atoms with E-state index in [-0.39, 0.29) is 12.1 Å². The highest BCUT2D eigenvalue weighted by atomic mass is 16.5. The summed E-state index contributed by atoms with van der Waals surface area (Å²) >= 11 is 0. The van der Waals surface area contributed by atoms with Crippen molar-refractivity contribution in [1.82, 2.24) is 10.6 Å². The Bertz CT molecular complexity index is 198. The molecule has 2 unspecified atom stereocenters. The highest BCUT2D eigenvalue weighted by Gasteiger charge is 2.13. The third-order valence-corrected chi connectivity index (χ3v) is 2.46. The van der Waals surface area contributed by atoms with Gasteiger partial charge in [-0.05, 0) is 19.8 Å². The molecule has 0 spiro atoms. The number of methoxy groups -OCH3 is 1. The molecule has 0 saturated carbocycles. The predicted molar refractivity (Wildman–Crippen MR) is 68.0 cm³/mol. The Morgan fingerprint density at radius 3 is 2.71 bits per heavy atom. The topological polar surface area (TPSA) is 70.6 Å². The summed E-state index contributed by atoms with van der Waals surface area (Å²) in [6.45, 7) is 4.85. The molecular weight excluding hydrogens is 220 g/mol. The maximum absolute atomic E-state index is 11.5. The van der Waals surface area contributed by atoms with Crippen LogP contribution < -0.4 is 10.6 Å². The predicted octanol–water partition coefficient (Wildman–Crippen LogP) is 1.26. The molecule has 0 aromatic rings. The summed E-state index contributed by atoms with van der Waals surface area (Å²) in [6, 6.07) is -0.152. The van der Waals surface area contributed by atoms with Gasteiger partial charge in [0.05, 0.1) is 12.7 Å². The minimum atomic E-state index is -0.392. The molecule has 0 fully saturated rings. The van der Waals surface area contributed by atoms with E-state index >= 15 is 0 Å². The number of unbranched alkanes of at least 4 members (excludes halogenated alkanes) is 1. The molecule has 17 heavy (non-hydrogen) atoms. The molecule has 0 radical (unpaired) electrons. The fourth-order valence-electron chi connectivity index (χ4n) is 1.61. The number of nitrogens with one attached hydrogen (secondary N) is 2. The second-order valence-electron chi connectivity index (χ2n) is 4.32. The molecule has 2 amide bonds. The third kappa shape index (κ3) is 10.1. The number of hydrogen-bond acceptors (Lipinski definition) is 3. The quantitative estimate of drug-likeness (QED) is 0.536. The normalized spacial score (nSPS) is 14.1. The number of carbonyl (C=O) groups excluding carboxylic acids is 1. The lowest BCUT2D eigenvalue weighted by Crippen LogP contribution is -2.44. The molecule has 0 heterocycles. The van der Waals surface area contributed by atoms with Gasteiger partial charge >= 0.3 is 6.03 Å². The van der Waals surface area contributed by atoms with E-state index in [4.69, 9.17) is 4.74 Å². The average molecular weight is 246 g/mol. The van der Waals surface area contributed by atoms with Crippen LogP contribution in [0.15, 0.2) is 0 Å². The van der Waals surface area contributed by atoms with Gasteiger partial charge in [-0.2, -0.15) is 0 Å². The summed E-state index contributed by atoms with van der Waals surface area (Å²) in [5.41, 5.74) is 0. The second kappa shape index (κ2) is 10.4. The minimum absolute atomic E-state index is 0.0393. The first-order valence-corrected chi connectivity index (χ1v) is 6.31. The van der Waals surface area contributed by atoms with Crippen molar-refractivity contribution >= 4 is 6.03 Å². The molecule has 0 bridgehead atoms. The summed E-state index contributed by atoms with van der Waals surface area (Å²) in [4.78, 5) is 11.5. The Morgan fingerprint density at radius 2 is 2.18 bits per heavy atom. The van der Waals surface area contributed by atoms with E-state index in [0.29, 0.717) is 19.6 Å². The summed E-state index contributed by atoms with van der Waals surface area (Å²) in [6.07, 6.45) is 3.24. The van der Waals surface area contributed by atoms with Crippen molar-refractivity contribution in [1.29, 1.82) is 0 Å². The fraction of sp³-hybridized carbons (Fsp3) is 0.917. The number of amides is 2. The number of urea groups is 1. The third-order valence-electron chi connectivity index (χ3n) is 2.46. The van der Waals surface area contributed by atoms with Crippen molar-refractivity contribution < 1.29 is 14.6 Å². The molecule has 2 atom stereocenters. The Balaban J connectivity index is 3.90. The van der Waals surface area contributed by atoms with E-state index in [2.05, 4.69) is 17.6 Å². The molecule has 0 aliphatic heterocycles. The number of ether oxygens (including phenoxy) is 1. The van der Waals surface area contributed by atoms with Crippen LogP contribution in [0.1, 0.15) is 39.5 Å². The maximum atomic E-state index is 11.5. The standard InChI is InChI=1S/C12H26N2O3/c1-4-5-6-11(9-10(2)15)14-12(16)13-7-8-17-3/h10-11,15H,4-9H2,1-3H3,(H2,13,14,16). The van der Waals surface area contributed by atoms with Crippen LogP contribution in [-0.4, -0.2) is 43.5 Å². The Kier molecular flexibility index (Phi) is 9.86. The SMILES string of the molecule is CCCCC(CC(C)O)NC(=O)NCCOC. The van der Waals surface area contributed by atoms with Crippen molar-refractivity contribution in [2.75, 3.05) is 20.3 Å². The first-order valence-electron chi connectivity index (χ1n) is 6.31. The Morgan fingerprint density at radius 1 is 1.47 bits per heavy atom. The number of aliphatic hydroxyl groups excluding tert-OH is 1. The van der Waals surface area contributed by atoms with Gasteiger partial charge < -0.3 is 20.5 Å². The lowest BCUT2D eigenvalue weighted by Gasteiger charge is -2.20. The zero-order valence-corrected chi connectivity index (χ0v) is 11.2. The molecule has 0 rings (SSSR count). The van der Waals surface area contributed by atoms with Gasteiger partial charge in [0, 0.05) is 19.7 Å².